The zero-order chi connectivity index (χ0) is 23.9. The van der Waals surface area contributed by atoms with Crippen molar-refractivity contribution in [2.24, 2.45) is 4.99 Å². The summed E-state index contributed by atoms with van der Waals surface area (Å²) >= 11 is 0. The SMILES string of the molecule is CCc1cc(C)cc(OCCOc2ccc(/C=C3\N=C(c4ccccc4)OC3=O)cc2OC)c1. The fourth-order valence-electron chi connectivity index (χ4n) is 3.59. The van der Waals surface area contributed by atoms with E-state index in [1.807, 2.05) is 42.5 Å². The third kappa shape index (κ3) is 5.64. The lowest BCUT2D eigenvalue weighted by Gasteiger charge is -2.13. The van der Waals surface area contributed by atoms with Crippen LogP contribution in [0.15, 0.2) is 77.4 Å². The van der Waals surface area contributed by atoms with Crippen molar-refractivity contribution in [2.45, 2.75) is 20.3 Å². The molecule has 0 atom stereocenters. The zero-order valence-corrected chi connectivity index (χ0v) is 19.5. The van der Waals surface area contributed by atoms with Crippen molar-refractivity contribution in [1.82, 2.24) is 0 Å². The van der Waals surface area contributed by atoms with E-state index in [2.05, 4.69) is 31.0 Å². The van der Waals surface area contributed by atoms with Crippen molar-refractivity contribution in [3.8, 4) is 17.2 Å². The number of benzene rings is 3. The van der Waals surface area contributed by atoms with Crippen LogP contribution in [-0.2, 0) is 16.0 Å². The molecule has 1 heterocycles. The van der Waals surface area contributed by atoms with Crippen LogP contribution in [0, 0.1) is 6.92 Å². The van der Waals surface area contributed by atoms with E-state index < -0.39 is 5.97 Å². The fourth-order valence-corrected chi connectivity index (χ4v) is 3.59. The maximum Gasteiger partial charge on any atom is 0.363 e. The smallest absolute Gasteiger partial charge is 0.363 e. The Morgan fingerprint density at radius 2 is 1.74 bits per heavy atom. The van der Waals surface area contributed by atoms with Gasteiger partial charge in [-0.15, -0.1) is 0 Å². The molecule has 0 radical (unpaired) electrons. The van der Waals surface area contributed by atoms with Gasteiger partial charge in [-0.05, 0) is 72.5 Å². The molecule has 3 aromatic carbocycles. The summed E-state index contributed by atoms with van der Waals surface area (Å²) in [5, 5.41) is 0. The molecule has 0 bridgehead atoms. The molecule has 1 aliphatic heterocycles. The molecule has 0 unspecified atom stereocenters. The third-order valence-corrected chi connectivity index (χ3v) is 5.26. The Labute approximate surface area is 199 Å². The van der Waals surface area contributed by atoms with E-state index in [9.17, 15) is 4.79 Å². The van der Waals surface area contributed by atoms with Crippen molar-refractivity contribution in [3.05, 3.63) is 94.7 Å². The standard InChI is InChI=1S/C28H27NO5/c1-4-20-14-19(2)15-23(16-20)32-12-13-33-25-11-10-21(18-26(25)31-3)17-24-28(30)34-27(29-24)22-8-6-5-7-9-22/h5-11,14-18H,4,12-13H2,1-3H3/b24-17-. The van der Waals surface area contributed by atoms with Gasteiger partial charge in [0.2, 0.25) is 5.90 Å². The first-order chi connectivity index (χ1) is 16.6. The Hall–Kier alpha value is -4.06. The van der Waals surface area contributed by atoms with Crippen LogP contribution in [0.4, 0.5) is 0 Å². The number of hydrogen-bond donors (Lipinski definition) is 0. The Bertz CT molecular complexity index is 1230. The Morgan fingerprint density at radius 3 is 2.50 bits per heavy atom. The molecular formula is C28H27NO5. The van der Waals surface area contributed by atoms with E-state index in [1.54, 1.807) is 25.3 Å². The summed E-state index contributed by atoms with van der Waals surface area (Å²) in [6.45, 7) is 4.95. The molecule has 4 rings (SSSR count). The largest absolute Gasteiger partial charge is 0.493 e. The van der Waals surface area contributed by atoms with Crippen LogP contribution in [0.3, 0.4) is 0 Å². The Kier molecular flexibility index (Phi) is 7.28. The predicted molar refractivity (Wildman–Crippen MR) is 132 cm³/mol. The summed E-state index contributed by atoms with van der Waals surface area (Å²) in [4.78, 5) is 16.6. The van der Waals surface area contributed by atoms with Crippen molar-refractivity contribution >= 4 is 17.9 Å². The van der Waals surface area contributed by atoms with Crippen LogP contribution >= 0.6 is 0 Å². The molecule has 0 fully saturated rings. The first-order valence-corrected chi connectivity index (χ1v) is 11.2. The van der Waals surface area contributed by atoms with Gasteiger partial charge in [-0.1, -0.05) is 37.3 Å². The number of ether oxygens (including phenoxy) is 4. The van der Waals surface area contributed by atoms with E-state index in [-0.39, 0.29) is 5.70 Å². The second-order valence-electron chi connectivity index (χ2n) is 7.82. The van der Waals surface area contributed by atoms with Crippen LogP contribution < -0.4 is 14.2 Å². The lowest BCUT2D eigenvalue weighted by molar-refractivity contribution is -0.129. The molecule has 1 aliphatic rings. The van der Waals surface area contributed by atoms with Gasteiger partial charge in [-0.2, -0.15) is 0 Å². The average molecular weight is 458 g/mol. The zero-order valence-electron chi connectivity index (χ0n) is 19.5. The summed E-state index contributed by atoms with van der Waals surface area (Å²) in [5.74, 6) is 1.79. The quantitative estimate of drug-likeness (QED) is 0.246. The van der Waals surface area contributed by atoms with Gasteiger partial charge in [-0.25, -0.2) is 9.79 Å². The van der Waals surface area contributed by atoms with Gasteiger partial charge in [-0.3, -0.25) is 0 Å². The average Bonchev–Trinajstić information content (AvgIpc) is 3.22. The highest BCUT2D eigenvalue weighted by molar-refractivity contribution is 6.12. The van der Waals surface area contributed by atoms with Crippen LogP contribution in [0.1, 0.15) is 29.2 Å². The first-order valence-electron chi connectivity index (χ1n) is 11.2. The van der Waals surface area contributed by atoms with Crippen molar-refractivity contribution < 1.29 is 23.7 Å². The van der Waals surface area contributed by atoms with Crippen LogP contribution in [0.25, 0.3) is 6.08 Å². The van der Waals surface area contributed by atoms with E-state index in [1.165, 1.54) is 11.1 Å². The monoisotopic (exact) mass is 457 g/mol. The fraction of sp³-hybridized carbons (Fsp3) is 0.214. The molecule has 34 heavy (non-hydrogen) atoms. The molecule has 0 amide bonds. The number of aryl methyl sites for hydroxylation is 2. The highest BCUT2D eigenvalue weighted by Crippen LogP contribution is 2.30. The van der Waals surface area contributed by atoms with Crippen molar-refractivity contribution in [1.29, 1.82) is 0 Å². The van der Waals surface area contributed by atoms with E-state index in [0.717, 1.165) is 23.3 Å². The topological polar surface area (TPSA) is 66.3 Å². The second-order valence-corrected chi connectivity index (χ2v) is 7.82. The molecule has 174 valence electrons. The number of carbonyl (C=O) groups is 1. The van der Waals surface area contributed by atoms with Crippen LogP contribution in [0.5, 0.6) is 17.2 Å². The number of esters is 1. The maximum absolute atomic E-state index is 12.3. The van der Waals surface area contributed by atoms with Gasteiger partial charge in [0.05, 0.1) is 7.11 Å². The molecule has 6 nitrogen and oxygen atoms in total. The minimum absolute atomic E-state index is 0.229. The minimum Gasteiger partial charge on any atom is -0.493 e. The van der Waals surface area contributed by atoms with E-state index in [4.69, 9.17) is 18.9 Å². The minimum atomic E-state index is -0.488. The molecule has 6 heteroatoms. The number of nitrogens with zero attached hydrogens (tertiary/aromatic N) is 1. The summed E-state index contributed by atoms with van der Waals surface area (Å²) in [6, 6.07) is 21.0. The molecule has 0 spiro atoms. The van der Waals surface area contributed by atoms with E-state index >= 15 is 0 Å². The Morgan fingerprint density at radius 1 is 0.941 bits per heavy atom. The van der Waals surface area contributed by atoms with E-state index in [0.29, 0.717) is 30.6 Å². The highest BCUT2D eigenvalue weighted by atomic mass is 16.6. The molecule has 0 aromatic heterocycles. The van der Waals surface area contributed by atoms with Crippen LogP contribution in [0.2, 0.25) is 0 Å². The number of methoxy groups -OCH3 is 1. The first kappa shape index (κ1) is 23.1. The molecule has 3 aromatic rings. The predicted octanol–water partition coefficient (Wildman–Crippen LogP) is 5.37. The van der Waals surface area contributed by atoms with Gasteiger partial charge in [0, 0.05) is 5.56 Å². The normalized spacial score (nSPS) is 14.0. The van der Waals surface area contributed by atoms with Gasteiger partial charge >= 0.3 is 5.97 Å². The highest BCUT2D eigenvalue weighted by Gasteiger charge is 2.24. The van der Waals surface area contributed by atoms with Crippen molar-refractivity contribution in [3.63, 3.8) is 0 Å². The van der Waals surface area contributed by atoms with Gasteiger partial charge in [0.15, 0.2) is 17.2 Å². The van der Waals surface area contributed by atoms with Crippen molar-refractivity contribution in [2.75, 3.05) is 20.3 Å². The molecule has 0 aliphatic carbocycles. The third-order valence-electron chi connectivity index (χ3n) is 5.26. The second kappa shape index (κ2) is 10.7. The maximum atomic E-state index is 12.3. The lowest BCUT2D eigenvalue weighted by atomic mass is 10.1. The lowest BCUT2D eigenvalue weighted by Crippen LogP contribution is -2.10. The number of aliphatic imine (C=N–C) groups is 1. The molecule has 0 saturated carbocycles. The van der Waals surface area contributed by atoms with Crippen LogP contribution in [-0.4, -0.2) is 32.2 Å². The molecule has 0 saturated heterocycles. The molecule has 0 N–H and O–H groups in total. The Balaban J connectivity index is 1.40. The summed E-state index contributed by atoms with van der Waals surface area (Å²) in [7, 11) is 1.57. The number of cyclic esters (lactones) is 1. The number of rotatable bonds is 9. The summed E-state index contributed by atoms with van der Waals surface area (Å²) in [6.07, 6.45) is 2.63. The number of carbonyl (C=O) groups excluding carboxylic acids is 1. The van der Waals surface area contributed by atoms with Gasteiger partial charge < -0.3 is 18.9 Å². The molecular weight excluding hydrogens is 430 g/mol. The number of hydrogen-bond acceptors (Lipinski definition) is 6. The summed E-state index contributed by atoms with van der Waals surface area (Å²) in [5.41, 5.74) is 4.14. The van der Waals surface area contributed by atoms with Gasteiger partial charge in [0.1, 0.15) is 19.0 Å². The summed E-state index contributed by atoms with van der Waals surface area (Å²) < 4.78 is 22.5. The van der Waals surface area contributed by atoms with Gasteiger partial charge in [0.25, 0.3) is 0 Å².